The molecule has 0 fully saturated rings. The predicted octanol–water partition coefficient (Wildman–Crippen LogP) is 1.47. The van der Waals surface area contributed by atoms with Crippen LogP contribution in [0.1, 0.15) is 10.4 Å². The number of fused-ring (bicyclic) bond motifs is 1. The molecule has 0 bridgehead atoms. The van der Waals surface area contributed by atoms with E-state index in [4.69, 9.17) is 22.4 Å². The topological polar surface area (TPSA) is 85.3 Å². The van der Waals surface area contributed by atoms with E-state index in [0.717, 1.165) is 10.9 Å². The summed E-state index contributed by atoms with van der Waals surface area (Å²) in [7, 11) is 0. The Labute approximate surface area is 114 Å². The lowest BCUT2D eigenvalue weighted by atomic mass is 10.1. The molecule has 6 heteroatoms. The van der Waals surface area contributed by atoms with E-state index in [1.165, 1.54) is 4.57 Å². The average Bonchev–Trinajstić information content (AvgIpc) is 2.77. The number of para-hydroxylation sites is 1. The lowest BCUT2D eigenvalue weighted by Crippen LogP contribution is -2.32. The van der Waals surface area contributed by atoms with Gasteiger partial charge in [-0.05, 0) is 11.6 Å². The van der Waals surface area contributed by atoms with Crippen molar-refractivity contribution in [3.63, 3.8) is 0 Å². The minimum Gasteiger partial charge on any atom is -0.480 e. The monoisotopic (exact) mass is 280 g/mol. The number of carbonyl (C=O) groups excluding carboxylic acids is 1. The van der Waals surface area contributed by atoms with Crippen LogP contribution in [-0.2, 0) is 11.2 Å². The van der Waals surface area contributed by atoms with Crippen molar-refractivity contribution in [2.45, 2.75) is 12.5 Å². The first kappa shape index (κ1) is 13.6. The van der Waals surface area contributed by atoms with Gasteiger partial charge in [0.1, 0.15) is 11.9 Å². The SMILES string of the molecule is NC(Cc1cn(C(=O)CCl)c2ccccc12)C(=O)O. The highest BCUT2D eigenvalue weighted by Gasteiger charge is 2.18. The summed E-state index contributed by atoms with van der Waals surface area (Å²) in [5.41, 5.74) is 6.97. The summed E-state index contributed by atoms with van der Waals surface area (Å²) in [5, 5.41) is 9.67. The van der Waals surface area contributed by atoms with E-state index in [2.05, 4.69) is 0 Å². The van der Waals surface area contributed by atoms with Crippen LogP contribution in [-0.4, -0.2) is 33.5 Å². The summed E-state index contributed by atoms with van der Waals surface area (Å²) in [6, 6.07) is 6.26. The number of carboxylic acids is 1. The number of benzene rings is 1. The Morgan fingerprint density at radius 1 is 1.37 bits per heavy atom. The Bertz CT molecular complexity index is 636. The van der Waals surface area contributed by atoms with Crippen LogP contribution < -0.4 is 5.73 Å². The van der Waals surface area contributed by atoms with Gasteiger partial charge in [0.15, 0.2) is 0 Å². The number of rotatable bonds is 4. The maximum absolute atomic E-state index is 11.7. The van der Waals surface area contributed by atoms with Crippen molar-refractivity contribution in [3.8, 4) is 0 Å². The highest BCUT2D eigenvalue weighted by atomic mass is 35.5. The lowest BCUT2D eigenvalue weighted by Gasteiger charge is -2.04. The number of nitrogens with zero attached hydrogens (tertiary/aromatic N) is 1. The third-order valence-electron chi connectivity index (χ3n) is 2.93. The number of alkyl halides is 1. The molecule has 1 heterocycles. The molecule has 0 spiro atoms. The van der Waals surface area contributed by atoms with Crippen molar-refractivity contribution < 1.29 is 14.7 Å². The van der Waals surface area contributed by atoms with Crippen LogP contribution >= 0.6 is 11.6 Å². The number of aromatic nitrogens is 1. The maximum Gasteiger partial charge on any atom is 0.320 e. The van der Waals surface area contributed by atoms with E-state index in [-0.39, 0.29) is 18.2 Å². The van der Waals surface area contributed by atoms with Gasteiger partial charge in [-0.3, -0.25) is 14.2 Å². The van der Waals surface area contributed by atoms with Gasteiger partial charge in [0.25, 0.3) is 0 Å². The molecule has 5 nitrogen and oxygen atoms in total. The zero-order valence-electron chi connectivity index (χ0n) is 10.0. The van der Waals surface area contributed by atoms with Gasteiger partial charge in [-0.1, -0.05) is 18.2 Å². The third-order valence-corrected chi connectivity index (χ3v) is 3.16. The van der Waals surface area contributed by atoms with Gasteiger partial charge in [0.2, 0.25) is 5.91 Å². The Morgan fingerprint density at radius 2 is 2.05 bits per heavy atom. The summed E-state index contributed by atoms with van der Waals surface area (Å²) in [5.74, 6) is -1.46. The van der Waals surface area contributed by atoms with Crippen molar-refractivity contribution in [1.82, 2.24) is 4.57 Å². The fourth-order valence-corrected chi connectivity index (χ4v) is 2.14. The molecule has 0 radical (unpaired) electrons. The largest absolute Gasteiger partial charge is 0.480 e. The first-order chi connectivity index (χ1) is 9.04. The number of aliphatic carboxylic acids is 1. The second-order valence-corrected chi connectivity index (χ2v) is 4.48. The molecule has 2 rings (SSSR count). The molecule has 3 N–H and O–H groups in total. The van der Waals surface area contributed by atoms with Crippen LogP contribution in [0.15, 0.2) is 30.5 Å². The van der Waals surface area contributed by atoms with Gasteiger partial charge in [0.05, 0.1) is 5.52 Å². The van der Waals surface area contributed by atoms with Crippen LogP contribution in [0.5, 0.6) is 0 Å². The van der Waals surface area contributed by atoms with Gasteiger partial charge < -0.3 is 10.8 Å². The van der Waals surface area contributed by atoms with Gasteiger partial charge in [-0.15, -0.1) is 11.6 Å². The van der Waals surface area contributed by atoms with Crippen LogP contribution in [0.4, 0.5) is 0 Å². The summed E-state index contributed by atoms with van der Waals surface area (Å²) < 4.78 is 1.44. The standard InChI is InChI=1S/C13H13ClN2O3/c14-6-12(17)16-7-8(5-10(15)13(18)19)9-3-1-2-4-11(9)16/h1-4,7,10H,5-6,15H2,(H,18,19). The molecule has 1 unspecified atom stereocenters. The summed E-state index contributed by atoms with van der Waals surface area (Å²) >= 11 is 5.56. The zero-order valence-corrected chi connectivity index (χ0v) is 10.8. The Morgan fingerprint density at radius 3 is 2.68 bits per heavy atom. The van der Waals surface area contributed by atoms with E-state index in [1.807, 2.05) is 12.1 Å². The Balaban J connectivity index is 2.50. The molecule has 100 valence electrons. The summed E-state index contributed by atoms with van der Waals surface area (Å²) in [4.78, 5) is 22.6. The molecular formula is C13H13ClN2O3. The second kappa shape index (κ2) is 5.42. The number of carboxylic acid groups (broad SMARTS) is 1. The summed E-state index contributed by atoms with van der Waals surface area (Å²) in [6.07, 6.45) is 1.77. The first-order valence-corrected chi connectivity index (χ1v) is 6.24. The van der Waals surface area contributed by atoms with Crippen LogP contribution in [0, 0.1) is 0 Å². The number of halogens is 1. The minimum atomic E-state index is -1.07. The quantitative estimate of drug-likeness (QED) is 0.831. The molecule has 0 saturated heterocycles. The van der Waals surface area contributed by atoms with Crippen molar-refractivity contribution in [2.75, 3.05) is 5.88 Å². The molecule has 0 aliphatic carbocycles. The highest BCUT2D eigenvalue weighted by molar-refractivity contribution is 6.28. The maximum atomic E-state index is 11.7. The van der Waals surface area contributed by atoms with E-state index in [0.29, 0.717) is 5.52 Å². The van der Waals surface area contributed by atoms with E-state index in [9.17, 15) is 9.59 Å². The predicted molar refractivity (Wildman–Crippen MR) is 72.6 cm³/mol. The van der Waals surface area contributed by atoms with E-state index >= 15 is 0 Å². The van der Waals surface area contributed by atoms with Crippen molar-refractivity contribution >= 4 is 34.4 Å². The van der Waals surface area contributed by atoms with Crippen molar-refractivity contribution in [3.05, 3.63) is 36.0 Å². The fraction of sp³-hybridized carbons (Fsp3) is 0.231. The van der Waals surface area contributed by atoms with Crippen LogP contribution in [0.3, 0.4) is 0 Å². The molecule has 0 amide bonds. The van der Waals surface area contributed by atoms with Gasteiger partial charge in [-0.2, -0.15) is 0 Å². The lowest BCUT2D eigenvalue weighted by molar-refractivity contribution is -0.138. The number of carbonyl (C=O) groups is 2. The molecular weight excluding hydrogens is 268 g/mol. The average molecular weight is 281 g/mol. The minimum absolute atomic E-state index is 0.136. The molecule has 1 aromatic heterocycles. The number of hydrogen-bond donors (Lipinski definition) is 2. The van der Waals surface area contributed by atoms with Gasteiger partial charge in [-0.25, -0.2) is 0 Å². The highest BCUT2D eigenvalue weighted by Crippen LogP contribution is 2.22. The normalized spacial score (nSPS) is 12.5. The van der Waals surface area contributed by atoms with Gasteiger partial charge >= 0.3 is 5.97 Å². The smallest absolute Gasteiger partial charge is 0.320 e. The Hall–Kier alpha value is -1.85. The second-order valence-electron chi connectivity index (χ2n) is 4.22. The third kappa shape index (κ3) is 2.62. The molecule has 0 aliphatic heterocycles. The first-order valence-electron chi connectivity index (χ1n) is 5.71. The van der Waals surface area contributed by atoms with Crippen molar-refractivity contribution in [2.24, 2.45) is 5.73 Å². The Kier molecular flexibility index (Phi) is 3.87. The zero-order chi connectivity index (χ0) is 14.0. The van der Waals surface area contributed by atoms with E-state index < -0.39 is 12.0 Å². The molecule has 1 aromatic carbocycles. The molecule has 19 heavy (non-hydrogen) atoms. The molecule has 0 aliphatic rings. The fourth-order valence-electron chi connectivity index (χ4n) is 2.01. The van der Waals surface area contributed by atoms with Crippen molar-refractivity contribution in [1.29, 1.82) is 0 Å². The molecule has 2 aromatic rings. The van der Waals surface area contributed by atoms with Crippen LogP contribution in [0.25, 0.3) is 10.9 Å². The van der Waals surface area contributed by atoms with Crippen LogP contribution in [0.2, 0.25) is 0 Å². The molecule has 0 saturated carbocycles. The molecule has 1 atom stereocenters. The number of nitrogens with two attached hydrogens (primary N) is 1. The van der Waals surface area contributed by atoms with Gasteiger partial charge in [0, 0.05) is 18.0 Å². The van der Waals surface area contributed by atoms with E-state index in [1.54, 1.807) is 18.3 Å². The summed E-state index contributed by atoms with van der Waals surface area (Å²) in [6.45, 7) is 0. The number of hydrogen-bond acceptors (Lipinski definition) is 3.